The van der Waals surface area contributed by atoms with Gasteiger partial charge >= 0.3 is 0 Å². The summed E-state index contributed by atoms with van der Waals surface area (Å²) in [7, 11) is 0. The molecule has 0 N–H and O–H groups in total. The minimum Gasteiger partial charge on any atom is -0.353 e. The van der Waals surface area contributed by atoms with Crippen LogP contribution in [0.4, 0.5) is 20.5 Å². The summed E-state index contributed by atoms with van der Waals surface area (Å²) in [6, 6.07) is 3.04. The Hall–Kier alpha value is -2.31. The predicted molar refractivity (Wildman–Crippen MR) is 77.6 cm³/mol. The van der Waals surface area contributed by atoms with Gasteiger partial charge in [-0.3, -0.25) is 0 Å². The van der Waals surface area contributed by atoms with Gasteiger partial charge in [0.15, 0.2) is 17.5 Å². The van der Waals surface area contributed by atoms with E-state index in [9.17, 15) is 8.78 Å². The van der Waals surface area contributed by atoms with E-state index >= 15 is 0 Å². The molecule has 0 bridgehead atoms. The highest BCUT2D eigenvalue weighted by Gasteiger charge is 2.41. The minimum absolute atomic E-state index is 0.277. The van der Waals surface area contributed by atoms with Gasteiger partial charge in [-0.2, -0.15) is 0 Å². The number of anilines is 2. The second kappa shape index (κ2) is 5.15. The summed E-state index contributed by atoms with van der Waals surface area (Å²) in [6.45, 7) is 3.16. The standard InChI is InChI=1S/C15H15F2N5/c16-12-4-19-15(20-5-12)22-8-10-6-21(7-11(10)9-22)14-13(17)2-1-3-18-14/h1-5,10-11H,6-9H2. The third-order valence-electron chi connectivity index (χ3n) is 4.41. The molecule has 2 atom stereocenters. The number of halogens is 2. The molecule has 0 saturated carbocycles. The van der Waals surface area contributed by atoms with Gasteiger partial charge in [0, 0.05) is 44.2 Å². The molecule has 4 rings (SSSR count). The van der Waals surface area contributed by atoms with Crippen LogP contribution in [0, 0.1) is 23.5 Å². The Morgan fingerprint density at radius 3 is 2.18 bits per heavy atom. The molecule has 2 fully saturated rings. The first-order valence-corrected chi connectivity index (χ1v) is 7.28. The summed E-state index contributed by atoms with van der Waals surface area (Å²) in [4.78, 5) is 16.3. The van der Waals surface area contributed by atoms with E-state index in [1.54, 1.807) is 12.3 Å². The van der Waals surface area contributed by atoms with Crippen molar-refractivity contribution in [3.63, 3.8) is 0 Å². The number of rotatable bonds is 2. The number of nitrogens with zero attached hydrogens (tertiary/aromatic N) is 5. The maximum absolute atomic E-state index is 13.8. The zero-order valence-electron chi connectivity index (χ0n) is 11.9. The lowest BCUT2D eigenvalue weighted by molar-refractivity contribution is 0.533. The monoisotopic (exact) mass is 303 g/mol. The quantitative estimate of drug-likeness (QED) is 0.845. The molecule has 5 nitrogen and oxygen atoms in total. The fraction of sp³-hybridized carbons (Fsp3) is 0.400. The molecule has 2 aromatic rings. The molecule has 22 heavy (non-hydrogen) atoms. The van der Waals surface area contributed by atoms with Crippen LogP contribution in [-0.2, 0) is 0 Å². The van der Waals surface area contributed by atoms with E-state index in [0.29, 0.717) is 23.6 Å². The van der Waals surface area contributed by atoms with Gasteiger partial charge in [0.05, 0.1) is 12.4 Å². The first-order valence-electron chi connectivity index (χ1n) is 7.28. The Kier molecular flexibility index (Phi) is 3.13. The third kappa shape index (κ3) is 2.26. The summed E-state index contributed by atoms with van der Waals surface area (Å²) in [5.41, 5.74) is 0. The SMILES string of the molecule is Fc1cnc(N2CC3CN(c4ncccc4F)CC3C2)nc1. The molecule has 2 aliphatic rings. The van der Waals surface area contributed by atoms with E-state index in [4.69, 9.17) is 0 Å². The van der Waals surface area contributed by atoms with Gasteiger partial charge < -0.3 is 9.80 Å². The van der Waals surface area contributed by atoms with Crippen molar-refractivity contribution in [1.82, 2.24) is 15.0 Å². The van der Waals surface area contributed by atoms with Gasteiger partial charge in [-0.25, -0.2) is 23.7 Å². The molecule has 114 valence electrons. The molecule has 0 aliphatic carbocycles. The highest BCUT2D eigenvalue weighted by atomic mass is 19.1. The maximum atomic E-state index is 13.8. The second-order valence-electron chi connectivity index (χ2n) is 5.84. The second-order valence-corrected chi connectivity index (χ2v) is 5.84. The Morgan fingerprint density at radius 1 is 0.909 bits per heavy atom. The van der Waals surface area contributed by atoms with Gasteiger partial charge in [-0.15, -0.1) is 0 Å². The molecular weight excluding hydrogens is 288 g/mol. The number of hydrogen-bond donors (Lipinski definition) is 0. The average molecular weight is 303 g/mol. The topological polar surface area (TPSA) is 45.2 Å². The number of fused-ring (bicyclic) bond motifs is 1. The summed E-state index contributed by atoms with van der Waals surface area (Å²) in [5, 5.41) is 0. The smallest absolute Gasteiger partial charge is 0.225 e. The lowest BCUT2D eigenvalue weighted by Gasteiger charge is -2.22. The fourth-order valence-corrected chi connectivity index (χ4v) is 3.41. The zero-order chi connectivity index (χ0) is 15.1. The van der Waals surface area contributed by atoms with E-state index < -0.39 is 5.82 Å². The number of hydrogen-bond acceptors (Lipinski definition) is 5. The molecule has 0 spiro atoms. The molecule has 4 heterocycles. The van der Waals surface area contributed by atoms with Crippen molar-refractivity contribution in [2.24, 2.45) is 11.8 Å². The van der Waals surface area contributed by atoms with E-state index in [-0.39, 0.29) is 5.82 Å². The summed E-state index contributed by atoms with van der Waals surface area (Å²) in [6.07, 6.45) is 3.99. The van der Waals surface area contributed by atoms with Crippen molar-refractivity contribution < 1.29 is 8.78 Å². The minimum atomic E-state index is -0.431. The van der Waals surface area contributed by atoms with Crippen LogP contribution < -0.4 is 9.80 Å². The van der Waals surface area contributed by atoms with E-state index in [1.165, 1.54) is 18.5 Å². The summed E-state index contributed by atoms with van der Waals surface area (Å²) < 4.78 is 26.7. The molecule has 2 saturated heterocycles. The molecule has 2 unspecified atom stereocenters. The number of aromatic nitrogens is 3. The van der Waals surface area contributed by atoms with E-state index in [2.05, 4.69) is 19.9 Å². The Bertz CT molecular complexity index is 664. The van der Waals surface area contributed by atoms with Crippen LogP contribution >= 0.6 is 0 Å². The van der Waals surface area contributed by atoms with Crippen molar-refractivity contribution in [3.05, 3.63) is 42.4 Å². The summed E-state index contributed by atoms with van der Waals surface area (Å²) in [5.74, 6) is 1.14. The van der Waals surface area contributed by atoms with Crippen LogP contribution in [-0.4, -0.2) is 41.1 Å². The van der Waals surface area contributed by atoms with Crippen molar-refractivity contribution in [2.75, 3.05) is 36.0 Å². The molecule has 7 heteroatoms. The normalized spacial score (nSPS) is 23.9. The Balaban J connectivity index is 1.46. The van der Waals surface area contributed by atoms with Crippen LogP contribution in [0.15, 0.2) is 30.7 Å². The first-order chi connectivity index (χ1) is 10.7. The maximum Gasteiger partial charge on any atom is 0.225 e. The van der Waals surface area contributed by atoms with Gasteiger partial charge in [0.2, 0.25) is 5.95 Å². The van der Waals surface area contributed by atoms with Crippen LogP contribution in [0.2, 0.25) is 0 Å². The average Bonchev–Trinajstić information content (AvgIpc) is 3.07. The Labute approximate surface area is 126 Å². The fourth-order valence-electron chi connectivity index (χ4n) is 3.41. The number of pyridine rings is 1. The largest absolute Gasteiger partial charge is 0.353 e. The van der Waals surface area contributed by atoms with Crippen LogP contribution in [0.1, 0.15) is 0 Å². The van der Waals surface area contributed by atoms with Crippen LogP contribution in [0.3, 0.4) is 0 Å². The zero-order valence-corrected chi connectivity index (χ0v) is 11.9. The molecular formula is C15H15F2N5. The predicted octanol–water partition coefficient (Wildman–Crippen LogP) is 1.72. The molecule has 0 aromatic carbocycles. The van der Waals surface area contributed by atoms with Crippen molar-refractivity contribution >= 4 is 11.8 Å². The highest BCUT2D eigenvalue weighted by molar-refractivity contribution is 5.43. The van der Waals surface area contributed by atoms with Crippen molar-refractivity contribution in [3.8, 4) is 0 Å². The Morgan fingerprint density at radius 2 is 1.55 bits per heavy atom. The van der Waals surface area contributed by atoms with Gasteiger partial charge in [0.25, 0.3) is 0 Å². The first kappa shape index (κ1) is 13.4. The van der Waals surface area contributed by atoms with E-state index in [1.807, 2.05) is 4.90 Å². The van der Waals surface area contributed by atoms with Gasteiger partial charge in [-0.05, 0) is 12.1 Å². The van der Waals surface area contributed by atoms with Crippen molar-refractivity contribution in [1.29, 1.82) is 0 Å². The highest BCUT2D eigenvalue weighted by Crippen LogP contribution is 2.35. The molecule has 2 aliphatic heterocycles. The lowest BCUT2D eigenvalue weighted by atomic mass is 10.0. The molecule has 0 radical (unpaired) electrons. The molecule has 2 aromatic heterocycles. The van der Waals surface area contributed by atoms with Crippen molar-refractivity contribution in [2.45, 2.75) is 0 Å². The van der Waals surface area contributed by atoms with E-state index in [0.717, 1.165) is 26.2 Å². The summed E-state index contributed by atoms with van der Waals surface area (Å²) >= 11 is 0. The van der Waals surface area contributed by atoms with Crippen LogP contribution in [0.5, 0.6) is 0 Å². The van der Waals surface area contributed by atoms with Gasteiger partial charge in [-0.1, -0.05) is 0 Å². The lowest BCUT2D eigenvalue weighted by Crippen LogP contribution is -2.30. The third-order valence-corrected chi connectivity index (χ3v) is 4.41. The van der Waals surface area contributed by atoms with Crippen LogP contribution in [0.25, 0.3) is 0 Å². The van der Waals surface area contributed by atoms with Gasteiger partial charge in [0.1, 0.15) is 0 Å². The molecule has 0 amide bonds.